The second-order valence-electron chi connectivity index (χ2n) is 9.58. The molecule has 0 unspecified atom stereocenters. The number of aromatic nitrogens is 4. The number of phenolic OH excluding ortho intramolecular Hbond substituents is 1. The molecule has 0 bridgehead atoms. The van der Waals surface area contributed by atoms with E-state index in [1.807, 2.05) is 18.2 Å². The van der Waals surface area contributed by atoms with Gasteiger partial charge in [-0.15, -0.1) is 11.4 Å². The Bertz CT molecular complexity index is 2370. The third kappa shape index (κ3) is 9.49. The van der Waals surface area contributed by atoms with E-state index in [4.69, 9.17) is 10.2 Å². The molecule has 50 heavy (non-hydrogen) atoms. The Labute approximate surface area is 316 Å². The van der Waals surface area contributed by atoms with Crippen molar-refractivity contribution in [3.63, 3.8) is 0 Å². The fraction of sp³-hybridized carbons (Fsp3) is 0. The number of sulfonamides is 1. The van der Waals surface area contributed by atoms with E-state index in [0.29, 0.717) is 17.1 Å². The van der Waals surface area contributed by atoms with Gasteiger partial charge in [0.05, 0.1) is 27.5 Å². The molecule has 0 atom stereocenters. The molecular weight excluding hydrogens is 717 g/mol. The Morgan fingerprint density at radius 3 is 1.68 bits per heavy atom. The maximum Gasteiger partial charge on any atom is 1.00 e. The minimum absolute atomic E-state index is 0. The van der Waals surface area contributed by atoms with Crippen LogP contribution in [0.5, 0.6) is 5.75 Å². The molecule has 0 fully saturated rings. The van der Waals surface area contributed by atoms with Crippen LogP contribution in [0.4, 0.5) is 22.7 Å². The zero-order valence-electron chi connectivity index (χ0n) is 25.9. The van der Waals surface area contributed by atoms with E-state index < -0.39 is 21.6 Å². The van der Waals surface area contributed by atoms with Gasteiger partial charge in [0, 0.05) is 17.4 Å². The maximum atomic E-state index is 12.4. The molecule has 0 aliphatic carbocycles. The molecule has 16 nitrogen and oxygen atoms in total. The van der Waals surface area contributed by atoms with Gasteiger partial charge in [-0.2, -0.15) is 10.2 Å². The van der Waals surface area contributed by atoms with Gasteiger partial charge >= 0.3 is 35.5 Å². The largest absolute Gasteiger partial charge is 1.00 e. The number of primary sulfonamides is 1. The molecule has 2 aromatic heterocycles. The number of phenols is 1. The van der Waals surface area contributed by atoms with Crippen LogP contribution < -0.4 is 45.8 Å². The summed E-state index contributed by atoms with van der Waals surface area (Å²) >= 11 is 0. The molecule has 0 aliphatic heterocycles. The molecule has 248 valence electrons. The molecule has 0 radical (unpaired) electrons. The molecular formula is C31H23CrN9NaO7S-. The molecule has 0 saturated heterocycles. The summed E-state index contributed by atoms with van der Waals surface area (Å²) in [4.78, 5) is 35.6. The second-order valence-corrected chi connectivity index (χ2v) is 11.1. The maximum absolute atomic E-state index is 12.4. The molecule has 0 amide bonds. The number of nitrogens with zero attached hydrogens (tertiary/aromatic N) is 8. The van der Waals surface area contributed by atoms with Gasteiger partial charge in [-0.3, -0.25) is 0 Å². The summed E-state index contributed by atoms with van der Waals surface area (Å²) in [5.41, 5.74) is 0.341. The predicted molar refractivity (Wildman–Crippen MR) is 172 cm³/mol. The first-order chi connectivity index (χ1) is 23.0. The normalized spacial score (nSPS) is 11.0. The molecule has 0 spiro atoms. The number of carboxylic acids is 1. The van der Waals surface area contributed by atoms with Crippen molar-refractivity contribution >= 4 is 38.7 Å². The van der Waals surface area contributed by atoms with Crippen LogP contribution in [-0.4, -0.2) is 44.2 Å². The minimum atomic E-state index is -3.85. The van der Waals surface area contributed by atoms with Crippen molar-refractivity contribution in [2.45, 2.75) is 4.90 Å². The monoisotopic (exact) mass is 740 g/mol. The number of hydrogen-bond acceptors (Lipinski definition) is 12. The third-order valence-corrected chi connectivity index (χ3v) is 7.30. The van der Waals surface area contributed by atoms with Crippen LogP contribution in [0.1, 0.15) is 10.4 Å². The van der Waals surface area contributed by atoms with Gasteiger partial charge in [-0.05, 0) is 60.7 Å². The molecule has 6 rings (SSSR count). The van der Waals surface area contributed by atoms with Crippen molar-refractivity contribution in [3.05, 3.63) is 142 Å². The number of aromatic carboxylic acids is 1. The molecule has 0 aliphatic rings. The van der Waals surface area contributed by atoms with Gasteiger partial charge in [0.2, 0.25) is 10.0 Å². The Balaban J connectivity index is 0.000000267. The van der Waals surface area contributed by atoms with E-state index in [-0.39, 0.29) is 85.7 Å². The average Bonchev–Trinajstić information content (AvgIpc) is 3.64. The van der Waals surface area contributed by atoms with Crippen molar-refractivity contribution < 1.29 is 70.3 Å². The van der Waals surface area contributed by atoms with E-state index in [2.05, 4.69) is 30.7 Å². The van der Waals surface area contributed by atoms with Crippen molar-refractivity contribution in [1.29, 1.82) is 0 Å². The van der Waals surface area contributed by atoms with Gasteiger partial charge < -0.3 is 30.0 Å². The van der Waals surface area contributed by atoms with Crippen LogP contribution in [-0.2, 0) is 27.4 Å². The first-order valence-corrected chi connectivity index (χ1v) is 15.2. The van der Waals surface area contributed by atoms with Crippen LogP contribution in [0.3, 0.4) is 0 Å². The first-order valence-electron chi connectivity index (χ1n) is 13.7. The zero-order chi connectivity index (χ0) is 34.3. The summed E-state index contributed by atoms with van der Waals surface area (Å²) < 4.78 is 24.8. The first kappa shape index (κ1) is 39.3. The predicted octanol–water partition coefficient (Wildman–Crippen LogP) is 1.79. The molecule has 19 heteroatoms. The number of para-hydroxylation sites is 2. The SMILES string of the molecule is NS(=O)(=O)c1ccc(-n2nc[c-](N=Nc3ccccc3C(=O)O)c2=O)cc1.O=c1[c-](N=Nc2ccccc2O)cnn1-c1ccccc1.[Cr].[Na+]. The Kier molecular flexibility index (Phi) is 13.7. The van der Waals surface area contributed by atoms with Crippen molar-refractivity contribution in [3.8, 4) is 17.1 Å². The van der Waals surface area contributed by atoms with E-state index in [0.717, 1.165) is 4.68 Å². The number of benzene rings is 4. The Morgan fingerprint density at radius 2 is 1.16 bits per heavy atom. The van der Waals surface area contributed by atoms with Gasteiger partial charge in [0.1, 0.15) is 22.6 Å². The van der Waals surface area contributed by atoms with E-state index in [1.54, 1.807) is 42.5 Å². The fourth-order valence-corrected chi connectivity index (χ4v) is 4.53. The summed E-state index contributed by atoms with van der Waals surface area (Å²) in [5.74, 6) is -1.17. The number of hydrogen-bond donors (Lipinski definition) is 3. The second kappa shape index (κ2) is 17.5. The minimum Gasteiger partial charge on any atom is -0.506 e. The number of azo groups is 2. The van der Waals surface area contributed by atoms with Crippen LogP contribution in [0.15, 0.2) is 150 Å². The zero-order valence-corrected chi connectivity index (χ0v) is 30.0. The van der Waals surface area contributed by atoms with E-state index in [1.165, 1.54) is 59.5 Å². The average molecular weight is 741 g/mol. The number of carbonyl (C=O) groups is 1. The smallest absolute Gasteiger partial charge is 0.506 e. The standard InChI is InChI=1S/C16H12N5O5S.C15H11N4O2.Cr.Na/c17-27(25,26)11-7-5-10(6-8-11)21-15(22)14(9-18-21)20-19-13-4-2-1-3-12(13)16(23)24;20-14-9-5-4-8-12(14)17-18-13-10-16-19(15(13)21)11-6-2-1-3-7-11;;/h1-9H,(H,23,24)(H2,17,25,26);1-10,20H;;/q2*-1;;+1. The third-order valence-electron chi connectivity index (χ3n) is 6.37. The molecule has 0 saturated carbocycles. The number of rotatable bonds is 8. The molecule has 4 N–H and O–H groups in total. The Hall–Kier alpha value is -5.19. The molecule has 6 aromatic rings. The Morgan fingerprint density at radius 1 is 0.700 bits per heavy atom. The molecule has 4 aromatic carbocycles. The van der Waals surface area contributed by atoms with Gasteiger partial charge in [0.25, 0.3) is 0 Å². The van der Waals surface area contributed by atoms with Crippen molar-refractivity contribution in [2.75, 3.05) is 0 Å². The number of carboxylic acid groups (broad SMARTS) is 1. The fourth-order valence-electron chi connectivity index (χ4n) is 4.01. The molecule has 2 heterocycles. The van der Waals surface area contributed by atoms with Gasteiger partial charge in [-0.25, -0.2) is 37.9 Å². The van der Waals surface area contributed by atoms with Gasteiger partial charge in [-0.1, -0.05) is 54.9 Å². The summed E-state index contributed by atoms with van der Waals surface area (Å²) in [6.07, 6.45) is 2.52. The van der Waals surface area contributed by atoms with E-state index >= 15 is 0 Å². The quantitative estimate of drug-likeness (QED) is 0.117. The summed E-state index contributed by atoms with van der Waals surface area (Å²) in [7, 11) is -3.85. The summed E-state index contributed by atoms with van der Waals surface area (Å²) in [5, 5.41) is 46.9. The van der Waals surface area contributed by atoms with Crippen LogP contribution in [0, 0.1) is 0 Å². The van der Waals surface area contributed by atoms with E-state index in [9.17, 15) is 27.9 Å². The van der Waals surface area contributed by atoms with Gasteiger partial charge in [0.15, 0.2) is 0 Å². The number of aromatic hydroxyl groups is 1. The number of nitrogens with two attached hydrogens (primary N) is 1. The summed E-state index contributed by atoms with van der Waals surface area (Å²) in [6, 6.07) is 26.7. The van der Waals surface area contributed by atoms with Crippen molar-refractivity contribution in [2.24, 2.45) is 25.6 Å². The van der Waals surface area contributed by atoms with Crippen LogP contribution in [0.25, 0.3) is 11.4 Å². The van der Waals surface area contributed by atoms with Crippen molar-refractivity contribution in [1.82, 2.24) is 19.6 Å². The van der Waals surface area contributed by atoms with Crippen LogP contribution in [0.2, 0.25) is 0 Å². The topological polar surface area (TPSA) is 237 Å². The summed E-state index contributed by atoms with van der Waals surface area (Å²) in [6.45, 7) is 0. The van der Waals surface area contributed by atoms with Crippen LogP contribution >= 0.6 is 0 Å².